The SMILES string of the molecule is O=c1[nH]c2ccccc2n1-c1ccc(NC2CCOC2)nc1. The van der Waals surface area contributed by atoms with Crippen molar-refractivity contribution in [1.82, 2.24) is 14.5 Å². The largest absolute Gasteiger partial charge is 0.379 e. The summed E-state index contributed by atoms with van der Waals surface area (Å²) in [6.07, 6.45) is 2.70. The Morgan fingerprint density at radius 1 is 1.27 bits per heavy atom. The van der Waals surface area contributed by atoms with E-state index < -0.39 is 0 Å². The molecule has 4 rings (SSSR count). The van der Waals surface area contributed by atoms with Crippen LogP contribution in [0.4, 0.5) is 5.82 Å². The van der Waals surface area contributed by atoms with Crippen molar-refractivity contribution in [2.24, 2.45) is 0 Å². The number of hydrogen-bond donors (Lipinski definition) is 2. The number of aromatic amines is 1. The van der Waals surface area contributed by atoms with Gasteiger partial charge in [0.1, 0.15) is 5.82 Å². The topological polar surface area (TPSA) is 71.9 Å². The molecule has 1 unspecified atom stereocenters. The van der Waals surface area contributed by atoms with Gasteiger partial charge in [-0.3, -0.25) is 4.57 Å². The number of imidazole rings is 1. The highest BCUT2D eigenvalue weighted by atomic mass is 16.5. The fourth-order valence-corrected chi connectivity index (χ4v) is 2.77. The van der Waals surface area contributed by atoms with Crippen molar-refractivity contribution in [3.8, 4) is 5.69 Å². The summed E-state index contributed by atoms with van der Waals surface area (Å²) in [5.74, 6) is 0.798. The Hall–Kier alpha value is -2.60. The van der Waals surface area contributed by atoms with E-state index >= 15 is 0 Å². The molecule has 0 bridgehead atoms. The molecule has 0 amide bonds. The van der Waals surface area contributed by atoms with E-state index in [9.17, 15) is 4.79 Å². The first-order valence-corrected chi connectivity index (χ1v) is 7.32. The minimum atomic E-state index is -0.159. The summed E-state index contributed by atoms with van der Waals surface area (Å²) in [6.45, 7) is 1.51. The third-order valence-corrected chi connectivity index (χ3v) is 3.88. The molecular formula is C16H16N4O2. The van der Waals surface area contributed by atoms with Crippen molar-refractivity contribution in [1.29, 1.82) is 0 Å². The molecule has 3 aromatic rings. The molecule has 0 saturated carbocycles. The van der Waals surface area contributed by atoms with Crippen LogP contribution in [-0.2, 0) is 4.74 Å². The van der Waals surface area contributed by atoms with Crippen LogP contribution in [0.3, 0.4) is 0 Å². The molecular weight excluding hydrogens is 280 g/mol. The summed E-state index contributed by atoms with van der Waals surface area (Å²) in [6, 6.07) is 11.7. The standard InChI is InChI=1S/C16H16N4O2/c21-16-19-13-3-1-2-4-14(13)20(16)12-5-6-15(17-9-12)18-11-7-8-22-10-11/h1-6,9,11H,7-8,10H2,(H,17,18)(H,19,21). The number of benzene rings is 1. The zero-order valence-corrected chi connectivity index (χ0v) is 12.0. The Labute approximate surface area is 126 Å². The molecule has 6 nitrogen and oxygen atoms in total. The Balaban J connectivity index is 1.67. The second-order valence-electron chi connectivity index (χ2n) is 5.39. The van der Waals surface area contributed by atoms with Crippen LogP contribution < -0.4 is 11.0 Å². The maximum Gasteiger partial charge on any atom is 0.331 e. The fourth-order valence-electron chi connectivity index (χ4n) is 2.77. The van der Waals surface area contributed by atoms with Gasteiger partial charge >= 0.3 is 5.69 Å². The van der Waals surface area contributed by atoms with Crippen molar-refractivity contribution in [3.05, 3.63) is 53.1 Å². The van der Waals surface area contributed by atoms with E-state index in [2.05, 4.69) is 15.3 Å². The van der Waals surface area contributed by atoms with Crippen LogP contribution in [0.5, 0.6) is 0 Å². The maximum absolute atomic E-state index is 12.2. The molecule has 3 heterocycles. The van der Waals surface area contributed by atoms with Crippen LogP contribution in [0, 0.1) is 0 Å². The number of H-pyrrole nitrogens is 1. The third-order valence-electron chi connectivity index (χ3n) is 3.88. The van der Waals surface area contributed by atoms with Crippen molar-refractivity contribution in [2.75, 3.05) is 18.5 Å². The number of pyridine rings is 1. The molecule has 1 fully saturated rings. The number of aromatic nitrogens is 3. The summed E-state index contributed by atoms with van der Waals surface area (Å²) >= 11 is 0. The lowest BCUT2D eigenvalue weighted by molar-refractivity contribution is 0.195. The molecule has 1 aliphatic heterocycles. The number of rotatable bonds is 3. The molecule has 6 heteroatoms. The first-order valence-electron chi connectivity index (χ1n) is 7.32. The van der Waals surface area contributed by atoms with Crippen molar-refractivity contribution >= 4 is 16.9 Å². The normalized spacial score (nSPS) is 17.9. The van der Waals surface area contributed by atoms with E-state index in [-0.39, 0.29) is 5.69 Å². The van der Waals surface area contributed by atoms with Gasteiger partial charge < -0.3 is 15.0 Å². The van der Waals surface area contributed by atoms with Gasteiger partial charge in [-0.15, -0.1) is 0 Å². The molecule has 1 atom stereocenters. The van der Waals surface area contributed by atoms with E-state index in [1.807, 2.05) is 36.4 Å². The molecule has 2 N–H and O–H groups in total. The lowest BCUT2D eigenvalue weighted by atomic mass is 10.2. The number of ether oxygens (including phenoxy) is 1. The number of nitrogens with zero attached hydrogens (tertiary/aromatic N) is 2. The molecule has 112 valence electrons. The zero-order chi connectivity index (χ0) is 14.9. The van der Waals surface area contributed by atoms with Crippen molar-refractivity contribution in [3.63, 3.8) is 0 Å². The second kappa shape index (κ2) is 5.31. The van der Waals surface area contributed by atoms with E-state index in [1.165, 1.54) is 0 Å². The second-order valence-corrected chi connectivity index (χ2v) is 5.39. The Morgan fingerprint density at radius 3 is 2.95 bits per heavy atom. The molecule has 1 aliphatic rings. The lowest BCUT2D eigenvalue weighted by Gasteiger charge is -2.11. The molecule has 0 aliphatic carbocycles. The number of fused-ring (bicyclic) bond motifs is 1. The predicted octanol–water partition coefficient (Wildman–Crippen LogP) is 1.91. The number of nitrogens with one attached hydrogen (secondary N) is 2. The van der Waals surface area contributed by atoms with Crippen LogP contribution in [-0.4, -0.2) is 33.8 Å². The van der Waals surface area contributed by atoms with Gasteiger partial charge in [0, 0.05) is 6.61 Å². The van der Waals surface area contributed by atoms with Crippen LogP contribution in [0.25, 0.3) is 16.7 Å². The number of hydrogen-bond acceptors (Lipinski definition) is 4. The molecule has 0 radical (unpaired) electrons. The van der Waals surface area contributed by atoms with Gasteiger partial charge in [0.25, 0.3) is 0 Å². The summed E-state index contributed by atoms with van der Waals surface area (Å²) in [5.41, 5.74) is 2.25. The first-order chi connectivity index (χ1) is 10.8. The summed E-state index contributed by atoms with van der Waals surface area (Å²) in [5, 5.41) is 3.33. The minimum absolute atomic E-state index is 0.159. The Kier molecular flexibility index (Phi) is 3.16. The first kappa shape index (κ1) is 13.1. The average molecular weight is 296 g/mol. The number of para-hydroxylation sites is 2. The minimum Gasteiger partial charge on any atom is -0.379 e. The van der Waals surface area contributed by atoms with Crippen LogP contribution in [0.15, 0.2) is 47.4 Å². The van der Waals surface area contributed by atoms with Crippen LogP contribution in [0.1, 0.15) is 6.42 Å². The molecule has 1 aromatic carbocycles. The van der Waals surface area contributed by atoms with E-state index in [4.69, 9.17) is 4.74 Å². The highest BCUT2D eigenvalue weighted by molar-refractivity contribution is 5.77. The molecule has 1 saturated heterocycles. The van der Waals surface area contributed by atoms with E-state index in [0.717, 1.165) is 35.6 Å². The Morgan fingerprint density at radius 2 is 2.18 bits per heavy atom. The predicted molar refractivity (Wildman–Crippen MR) is 84.5 cm³/mol. The maximum atomic E-state index is 12.2. The highest BCUT2D eigenvalue weighted by Gasteiger charge is 2.15. The Bertz CT molecular complexity index is 844. The van der Waals surface area contributed by atoms with E-state index in [0.29, 0.717) is 12.6 Å². The quantitative estimate of drug-likeness (QED) is 0.774. The van der Waals surface area contributed by atoms with Crippen molar-refractivity contribution in [2.45, 2.75) is 12.5 Å². The van der Waals surface area contributed by atoms with Gasteiger partial charge in [0.05, 0.1) is 35.6 Å². The average Bonchev–Trinajstić information content (AvgIpc) is 3.15. The molecule has 0 spiro atoms. The molecule has 22 heavy (non-hydrogen) atoms. The summed E-state index contributed by atoms with van der Waals surface area (Å²) in [7, 11) is 0. The third kappa shape index (κ3) is 2.27. The fraction of sp³-hybridized carbons (Fsp3) is 0.250. The summed E-state index contributed by atoms with van der Waals surface area (Å²) in [4.78, 5) is 19.4. The van der Waals surface area contributed by atoms with Gasteiger partial charge in [-0.25, -0.2) is 9.78 Å². The molecule has 2 aromatic heterocycles. The zero-order valence-electron chi connectivity index (χ0n) is 12.0. The number of anilines is 1. The van der Waals surface area contributed by atoms with E-state index in [1.54, 1.807) is 10.8 Å². The van der Waals surface area contributed by atoms with Crippen molar-refractivity contribution < 1.29 is 4.74 Å². The van der Waals surface area contributed by atoms with Gasteiger partial charge in [0.2, 0.25) is 0 Å². The van der Waals surface area contributed by atoms with Crippen LogP contribution >= 0.6 is 0 Å². The lowest BCUT2D eigenvalue weighted by Crippen LogP contribution is -2.20. The van der Waals surface area contributed by atoms with Crippen LogP contribution in [0.2, 0.25) is 0 Å². The van der Waals surface area contributed by atoms with Gasteiger partial charge in [-0.05, 0) is 30.7 Å². The highest BCUT2D eigenvalue weighted by Crippen LogP contribution is 2.17. The summed E-state index contributed by atoms with van der Waals surface area (Å²) < 4.78 is 6.97. The van der Waals surface area contributed by atoms with Gasteiger partial charge in [0.15, 0.2) is 0 Å². The van der Waals surface area contributed by atoms with Gasteiger partial charge in [-0.1, -0.05) is 12.1 Å². The smallest absolute Gasteiger partial charge is 0.331 e. The monoisotopic (exact) mass is 296 g/mol. The van der Waals surface area contributed by atoms with Gasteiger partial charge in [-0.2, -0.15) is 0 Å².